The zero-order valence-electron chi connectivity index (χ0n) is 13.5. The molecule has 0 saturated carbocycles. The normalized spacial score (nSPS) is 18.3. The average Bonchev–Trinajstić information content (AvgIpc) is 2.81. The second kappa shape index (κ2) is 5.48. The minimum atomic E-state index is 0.210. The number of aryl methyl sites for hydroxylation is 2. The van der Waals surface area contributed by atoms with Gasteiger partial charge < -0.3 is 15.0 Å². The number of aliphatic hydroxyl groups excluding tert-OH is 1. The van der Waals surface area contributed by atoms with Gasteiger partial charge in [0, 0.05) is 7.05 Å². The first-order chi connectivity index (χ1) is 10.5. The first-order valence-corrected chi connectivity index (χ1v) is 7.61. The molecule has 2 heterocycles. The predicted molar refractivity (Wildman–Crippen MR) is 91.0 cm³/mol. The number of rotatable bonds is 3. The van der Waals surface area contributed by atoms with E-state index >= 15 is 0 Å². The number of imidazole rings is 1. The molecule has 0 saturated heterocycles. The molecule has 3 rings (SSSR count). The Hall–Kier alpha value is -2.30. The Balaban J connectivity index is 2.12. The van der Waals surface area contributed by atoms with Crippen LogP contribution in [0.5, 0.6) is 0 Å². The van der Waals surface area contributed by atoms with Crippen molar-refractivity contribution in [3.63, 3.8) is 0 Å². The highest BCUT2D eigenvalue weighted by Gasteiger charge is 2.18. The zero-order valence-corrected chi connectivity index (χ0v) is 13.5. The lowest BCUT2D eigenvalue weighted by molar-refractivity contribution is 0.430. The number of anilines is 1. The second-order valence-corrected chi connectivity index (χ2v) is 5.97. The average molecular weight is 298 g/mol. The van der Waals surface area contributed by atoms with Crippen LogP contribution in [-0.4, -0.2) is 33.5 Å². The van der Waals surface area contributed by atoms with Crippen LogP contribution in [0.25, 0.3) is 11.0 Å². The molecule has 2 N–H and O–H groups in total. The number of fused-ring (bicyclic) bond motifs is 1. The number of nitrogens with zero attached hydrogens (tertiary/aromatic N) is 3. The van der Waals surface area contributed by atoms with Crippen molar-refractivity contribution in [3.05, 3.63) is 35.1 Å². The standard InChI is InChI=1S/C17H22N4O/c1-10-7-11(2)16-14(8-10)21(17(18-4)20-16)9-13-15(22)6-5-12(3)19-13/h6-8,12,22H,5,9H2,1-4H3,(H,18,20). The molecular weight excluding hydrogens is 276 g/mol. The van der Waals surface area contributed by atoms with Crippen molar-refractivity contribution in [1.29, 1.82) is 0 Å². The lowest BCUT2D eigenvalue weighted by Crippen LogP contribution is -2.20. The van der Waals surface area contributed by atoms with Crippen LogP contribution >= 0.6 is 0 Å². The Labute approximate surface area is 130 Å². The molecule has 1 aromatic carbocycles. The zero-order chi connectivity index (χ0) is 15.9. The van der Waals surface area contributed by atoms with Crippen LogP contribution < -0.4 is 5.32 Å². The Morgan fingerprint density at radius 2 is 2.14 bits per heavy atom. The summed E-state index contributed by atoms with van der Waals surface area (Å²) in [6, 6.07) is 4.47. The summed E-state index contributed by atoms with van der Waals surface area (Å²) < 4.78 is 2.08. The van der Waals surface area contributed by atoms with Crippen LogP contribution in [-0.2, 0) is 6.54 Å². The number of nitrogens with one attached hydrogen (secondary N) is 1. The van der Waals surface area contributed by atoms with Crippen LogP contribution in [0.1, 0.15) is 24.5 Å². The molecule has 5 heteroatoms. The fourth-order valence-corrected chi connectivity index (χ4v) is 2.98. The molecule has 1 aliphatic rings. The minimum absolute atomic E-state index is 0.210. The maximum Gasteiger partial charge on any atom is 0.204 e. The summed E-state index contributed by atoms with van der Waals surface area (Å²) in [5.41, 5.74) is 5.13. The molecule has 0 fully saturated rings. The van der Waals surface area contributed by atoms with E-state index in [4.69, 9.17) is 0 Å². The van der Waals surface area contributed by atoms with Crippen molar-refractivity contribution < 1.29 is 5.11 Å². The molecule has 1 aliphatic heterocycles. The van der Waals surface area contributed by atoms with Crippen molar-refractivity contribution in [1.82, 2.24) is 9.55 Å². The van der Waals surface area contributed by atoms with Crippen molar-refractivity contribution in [2.75, 3.05) is 12.4 Å². The van der Waals surface area contributed by atoms with Gasteiger partial charge in [-0.1, -0.05) is 6.07 Å². The van der Waals surface area contributed by atoms with E-state index in [-0.39, 0.29) is 11.8 Å². The lowest BCUT2D eigenvalue weighted by atomic mass is 10.1. The SMILES string of the molecule is CNc1nc2c(C)cc(C)cc2n1CC1=NC(C)CC=C1O. The first kappa shape index (κ1) is 14.6. The van der Waals surface area contributed by atoms with E-state index in [1.54, 1.807) is 0 Å². The third-order valence-corrected chi connectivity index (χ3v) is 4.04. The topological polar surface area (TPSA) is 62.4 Å². The van der Waals surface area contributed by atoms with E-state index in [1.165, 1.54) is 5.56 Å². The van der Waals surface area contributed by atoms with Gasteiger partial charge in [-0.15, -0.1) is 0 Å². The van der Waals surface area contributed by atoms with Crippen LogP contribution in [0, 0.1) is 13.8 Å². The highest BCUT2D eigenvalue weighted by atomic mass is 16.3. The van der Waals surface area contributed by atoms with Gasteiger partial charge in [-0.2, -0.15) is 0 Å². The highest BCUT2D eigenvalue weighted by Crippen LogP contribution is 2.25. The molecule has 0 spiro atoms. The minimum Gasteiger partial charge on any atom is -0.506 e. The van der Waals surface area contributed by atoms with E-state index in [0.717, 1.165) is 29.0 Å². The summed E-state index contributed by atoms with van der Waals surface area (Å²) in [7, 11) is 1.86. The number of hydrogen-bond acceptors (Lipinski definition) is 4. The van der Waals surface area contributed by atoms with E-state index in [1.807, 2.05) is 13.1 Å². The quantitative estimate of drug-likeness (QED) is 0.913. The Morgan fingerprint density at radius 3 is 2.86 bits per heavy atom. The summed E-state index contributed by atoms with van der Waals surface area (Å²) in [6.45, 7) is 6.73. The molecule has 5 nitrogen and oxygen atoms in total. The third-order valence-electron chi connectivity index (χ3n) is 4.04. The van der Waals surface area contributed by atoms with Gasteiger partial charge in [-0.3, -0.25) is 4.99 Å². The van der Waals surface area contributed by atoms with Crippen molar-refractivity contribution in [2.45, 2.75) is 39.8 Å². The summed E-state index contributed by atoms with van der Waals surface area (Å²) in [6.07, 6.45) is 2.64. The van der Waals surface area contributed by atoms with Crippen LogP contribution in [0.3, 0.4) is 0 Å². The molecule has 1 unspecified atom stereocenters. The van der Waals surface area contributed by atoms with Crippen molar-refractivity contribution in [3.8, 4) is 0 Å². The third kappa shape index (κ3) is 2.47. The van der Waals surface area contributed by atoms with Gasteiger partial charge in [0.15, 0.2) is 0 Å². The monoisotopic (exact) mass is 298 g/mol. The molecule has 1 atom stereocenters. The van der Waals surface area contributed by atoms with E-state index in [0.29, 0.717) is 12.3 Å². The second-order valence-electron chi connectivity index (χ2n) is 5.97. The molecule has 22 heavy (non-hydrogen) atoms. The maximum absolute atomic E-state index is 10.1. The predicted octanol–water partition coefficient (Wildman–Crippen LogP) is 3.37. The van der Waals surface area contributed by atoms with Crippen LogP contribution in [0.15, 0.2) is 29.0 Å². The number of aliphatic imine (C=N–C) groups is 1. The molecule has 0 radical (unpaired) electrons. The Bertz CT molecular complexity index is 786. The number of aromatic nitrogens is 2. The molecule has 116 valence electrons. The van der Waals surface area contributed by atoms with Crippen LogP contribution in [0.4, 0.5) is 5.95 Å². The maximum atomic E-state index is 10.1. The fourth-order valence-electron chi connectivity index (χ4n) is 2.98. The van der Waals surface area contributed by atoms with E-state index < -0.39 is 0 Å². The Kier molecular flexibility index (Phi) is 3.64. The molecule has 0 amide bonds. The van der Waals surface area contributed by atoms with Gasteiger partial charge in [-0.25, -0.2) is 4.98 Å². The summed E-state index contributed by atoms with van der Waals surface area (Å²) in [5.74, 6) is 1.07. The summed E-state index contributed by atoms with van der Waals surface area (Å²) in [5, 5.41) is 13.2. The molecule has 1 aromatic heterocycles. The smallest absolute Gasteiger partial charge is 0.204 e. The fraction of sp³-hybridized carbons (Fsp3) is 0.412. The number of benzene rings is 1. The molecule has 0 aliphatic carbocycles. The largest absolute Gasteiger partial charge is 0.506 e. The summed E-state index contributed by atoms with van der Waals surface area (Å²) in [4.78, 5) is 9.26. The lowest BCUT2D eigenvalue weighted by Gasteiger charge is -2.17. The van der Waals surface area contributed by atoms with Gasteiger partial charge >= 0.3 is 0 Å². The van der Waals surface area contributed by atoms with Gasteiger partial charge in [-0.05, 0) is 50.5 Å². The van der Waals surface area contributed by atoms with Crippen molar-refractivity contribution >= 4 is 22.7 Å². The van der Waals surface area contributed by atoms with E-state index in [2.05, 4.69) is 52.8 Å². The van der Waals surface area contributed by atoms with Gasteiger partial charge in [0.2, 0.25) is 5.95 Å². The van der Waals surface area contributed by atoms with Gasteiger partial charge in [0.1, 0.15) is 5.76 Å². The van der Waals surface area contributed by atoms with Gasteiger partial charge in [0.25, 0.3) is 0 Å². The number of hydrogen-bond donors (Lipinski definition) is 2. The highest BCUT2D eigenvalue weighted by molar-refractivity contribution is 5.99. The number of aliphatic hydroxyl groups is 1. The first-order valence-electron chi connectivity index (χ1n) is 7.61. The number of allylic oxidation sites excluding steroid dienone is 1. The number of dihydropyridines is 1. The van der Waals surface area contributed by atoms with Crippen LogP contribution in [0.2, 0.25) is 0 Å². The van der Waals surface area contributed by atoms with Gasteiger partial charge in [0.05, 0.1) is 29.3 Å². The van der Waals surface area contributed by atoms with Crippen molar-refractivity contribution in [2.24, 2.45) is 4.99 Å². The molecule has 0 bridgehead atoms. The molecular formula is C17H22N4O. The van der Waals surface area contributed by atoms with E-state index in [9.17, 15) is 5.11 Å². The Morgan fingerprint density at radius 1 is 1.36 bits per heavy atom. The summed E-state index contributed by atoms with van der Waals surface area (Å²) >= 11 is 0. The molecule has 2 aromatic rings.